The lowest BCUT2D eigenvalue weighted by Gasteiger charge is -2.14. The second kappa shape index (κ2) is 10.9. The average Bonchev–Trinajstić information content (AvgIpc) is 2.75. The number of aromatic nitrogens is 1. The number of halogens is 2. The number of aryl methyl sites for hydroxylation is 1. The second-order valence-electron chi connectivity index (χ2n) is 7.14. The van der Waals surface area contributed by atoms with Gasteiger partial charge in [0.1, 0.15) is 5.15 Å². The molecule has 5 nitrogen and oxygen atoms in total. The van der Waals surface area contributed by atoms with E-state index in [1.165, 1.54) is 6.20 Å². The summed E-state index contributed by atoms with van der Waals surface area (Å²) in [5.74, 6) is -1.10. The van der Waals surface area contributed by atoms with Crippen LogP contribution in [-0.4, -0.2) is 22.0 Å². The van der Waals surface area contributed by atoms with Crippen LogP contribution in [0.3, 0.4) is 0 Å². The fourth-order valence-corrected chi connectivity index (χ4v) is 3.58. The first kappa shape index (κ1) is 22.8. The van der Waals surface area contributed by atoms with Crippen molar-refractivity contribution in [2.24, 2.45) is 0 Å². The number of nitrogens with one attached hydrogen (secondary N) is 1. The van der Waals surface area contributed by atoms with Crippen LogP contribution in [-0.2, 0) is 11.2 Å². The summed E-state index contributed by atoms with van der Waals surface area (Å²) in [4.78, 5) is 27.4. The van der Waals surface area contributed by atoms with Gasteiger partial charge >= 0.3 is 5.97 Å². The molecule has 3 rings (SSSR count). The minimum absolute atomic E-state index is 0.144. The predicted octanol–water partition coefficient (Wildman–Crippen LogP) is 6.50. The first-order valence-electron chi connectivity index (χ1n) is 9.96. The van der Waals surface area contributed by atoms with E-state index in [1.807, 2.05) is 30.3 Å². The third-order valence-corrected chi connectivity index (χ3v) is 5.40. The van der Waals surface area contributed by atoms with Gasteiger partial charge < -0.3 is 10.4 Å². The standard InChI is InChI=1S/C24H22Cl2N2O3/c25-18-11-9-17(10-12-18)20-15-16(5-2-1-3-7-22(29)30)8-13-21(20)28-24(31)19-6-4-14-27-23(19)26/h4,6,8-15H,1-3,5,7H2,(H,28,31)(H,29,30). The van der Waals surface area contributed by atoms with Gasteiger partial charge in [-0.15, -0.1) is 0 Å². The van der Waals surface area contributed by atoms with Crippen LogP contribution in [0.1, 0.15) is 41.6 Å². The van der Waals surface area contributed by atoms with E-state index in [1.54, 1.807) is 24.3 Å². The molecule has 160 valence electrons. The normalized spacial score (nSPS) is 10.6. The van der Waals surface area contributed by atoms with Crippen LogP contribution in [0.4, 0.5) is 5.69 Å². The quantitative estimate of drug-likeness (QED) is 0.284. The third-order valence-electron chi connectivity index (χ3n) is 4.85. The fourth-order valence-electron chi connectivity index (χ4n) is 3.25. The SMILES string of the molecule is O=C(O)CCCCCc1ccc(NC(=O)c2cccnc2Cl)c(-c2ccc(Cl)cc2)c1. The minimum Gasteiger partial charge on any atom is -0.481 e. The van der Waals surface area contributed by atoms with E-state index in [-0.39, 0.29) is 17.5 Å². The lowest BCUT2D eigenvalue weighted by molar-refractivity contribution is -0.137. The molecule has 1 aromatic heterocycles. The number of carboxylic acids is 1. The molecule has 0 aliphatic rings. The van der Waals surface area contributed by atoms with Gasteiger partial charge in [0.15, 0.2) is 0 Å². The fraction of sp³-hybridized carbons (Fsp3) is 0.208. The highest BCUT2D eigenvalue weighted by Gasteiger charge is 2.14. The minimum atomic E-state index is -0.765. The first-order chi connectivity index (χ1) is 14.9. The highest BCUT2D eigenvalue weighted by Crippen LogP contribution is 2.31. The van der Waals surface area contributed by atoms with Crippen LogP contribution in [0.15, 0.2) is 60.8 Å². The van der Waals surface area contributed by atoms with E-state index in [2.05, 4.69) is 10.3 Å². The number of benzene rings is 2. The summed E-state index contributed by atoms with van der Waals surface area (Å²) in [6.07, 6.45) is 4.95. The van der Waals surface area contributed by atoms with E-state index in [0.717, 1.165) is 36.0 Å². The maximum atomic E-state index is 12.8. The van der Waals surface area contributed by atoms with Crippen LogP contribution in [0.5, 0.6) is 0 Å². The van der Waals surface area contributed by atoms with Crippen molar-refractivity contribution >= 4 is 40.8 Å². The van der Waals surface area contributed by atoms with Gasteiger partial charge in [0.2, 0.25) is 0 Å². The Kier molecular flexibility index (Phi) is 8.04. The maximum Gasteiger partial charge on any atom is 0.303 e. The molecule has 0 aliphatic heterocycles. The number of hydrogen-bond donors (Lipinski definition) is 2. The zero-order valence-electron chi connectivity index (χ0n) is 16.8. The van der Waals surface area contributed by atoms with E-state index in [9.17, 15) is 9.59 Å². The molecule has 0 fully saturated rings. The monoisotopic (exact) mass is 456 g/mol. The maximum absolute atomic E-state index is 12.8. The summed E-state index contributed by atoms with van der Waals surface area (Å²) in [6.45, 7) is 0. The number of aliphatic carboxylic acids is 1. The molecule has 0 atom stereocenters. The van der Waals surface area contributed by atoms with Crippen molar-refractivity contribution in [3.63, 3.8) is 0 Å². The zero-order chi connectivity index (χ0) is 22.2. The summed E-state index contributed by atoms with van der Waals surface area (Å²) in [5, 5.41) is 12.5. The molecule has 7 heteroatoms. The molecule has 0 aliphatic carbocycles. The number of amides is 1. The number of unbranched alkanes of at least 4 members (excludes halogenated alkanes) is 2. The van der Waals surface area contributed by atoms with Crippen LogP contribution in [0, 0.1) is 0 Å². The summed E-state index contributed by atoms with van der Waals surface area (Å²) < 4.78 is 0. The Morgan fingerprint density at radius 2 is 1.74 bits per heavy atom. The zero-order valence-corrected chi connectivity index (χ0v) is 18.3. The lowest BCUT2D eigenvalue weighted by atomic mass is 9.98. The molecule has 1 heterocycles. The van der Waals surface area contributed by atoms with Gasteiger partial charge in [0.25, 0.3) is 5.91 Å². The van der Waals surface area contributed by atoms with Crippen molar-refractivity contribution in [1.82, 2.24) is 4.98 Å². The van der Waals surface area contributed by atoms with E-state index < -0.39 is 5.97 Å². The van der Waals surface area contributed by atoms with Crippen LogP contribution in [0.25, 0.3) is 11.1 Å². The molecule has 0 saturated carbocycles. The van der Waals surface area contributed by atoms with Gasteiger partial charge in [-0.25, -0.2) is 4.98 Å². The highest BCUT2D eigenvalue weighted by molar-refractivity contribution is 6.33. The molecule has 0 unspecified atom stereocenters. The first-order valence-corrected chi connectivity index (χ1v) is 10.7. The van der Waals surface area contributed by atoms with Crippen molar-refractivity contribution in [3.05, 3.63) is 82.1 Å². The van der Waals surface area contributed by atoms with Gasteiger partial charge in [-0.05, 0) is 66.8 Å². The molecular formula is C24H22Cl2N2O3. The number of carbonyl (C=O) groups excluding carboxylic acids is 1. The lowest BCUT2D eigenvalue weighted by Crippen LogP contribution is -2.13. The average molecular weight is 457 g/mol. The van der Waals surface area contributed by atoms with Gasteiger partial charge in [-0.3, -0.25) is 9.59 Å². The number of carboxylic acid groups (broad SMARTS) is 1. The number of pyridine rings is 1. The Labute approximate surface area is 191 Å². The van der Waals surface area contributed by atoms with Crippen LogP contribution in [0.2, 0.25) is 10.2 Å². The molecule has 31 heavy (non-hydrogen) atoms. The van der Waals surface area contributed by atoms with Gasteiger partial charge in [-0.2, -0.15) is 0 Å². The number of anilines is 1. The largest absolute Gasteiger partial charge is 0.481 e. The van der Waals surface area contributed by atoms with Crippen LogP contribution < -0.4 is 5.32 Å². The third kappa shape index (κ3) is 6.54. The number of carbonyl (C=O) groups is 2. The Morgan fingerprint density at radius 1 is 0.968 bits per heavy atom. The summed E-state index contributed by atoms with van der Waals surface area (Å²) in [7, 11) is 0. The summed E-state index contributed by atoms with van der Waals surface area (Å²) in [6, 6.07) is 16.6. The molecule has 0 radical (unpaired) electrons. The Balaban J connectivity index is 1.82. The Hall–Kier alpha value is -2.89. The predicted molar refractivity (Wildman–Crippen MR) is 124 cm³/mol. The smallest absolute Gasteiger partial charge is 0.303 e. The molecule has 2 aromatic carbocycles. The molecule has 3 aromatic rings. The summed E-state index contributed by atoms with van der Waals surface area (Å²) >= 11 is 12.1. The van der Waals surface area contributed by atoms with E-state index in [0.29, 0.717) is 22.7 Å². The number of nitrogens with zero attached hydrogens (tertiary/aromatic N) is 1. The molecule has 1 amide bonds. The topological polar surface area (TPSA) is 79.3 Å². The van der Waals surface area contributed by atoms with Gasteiger partial charge in [-0.1, -0.05) is 47.8 Å². The molecule has 0 bridgehead atoms. The Morgan fingerprint density at radius 3 is 2.45 bits per heavy atom. The van der Waals surface area contributed by atoms with E-state index in [4.69, 9.17) is 28.3 Å². The van der Waals surface area contributed by atoms with Crippen molar-refractivity contribution < 1.29 is 14.7 Å². The van der Waals surface area contributed by atoms with Crippen molar-refractivity contribution in [2.45, 2.75) is 32.1 Å². The summed E-state index contributed by atoms with van der Waals surface area (Å²) in [5.41, 5.74) is 3.85. The second-order valence-corrected chi connectivity index (χ2v) is 7.93. The molecule has 2 N–H and O–H groups in total. The molecule has 0 spiro atoms. The number of hydrogen-bond acceptors (Lipinski definition) is 3. The molecule has 0 saturated heterocycles. The van der Waals surface area contributed by atoms with Gasteiger partial charge in [0, 0.05) is 28.9 Å². The highest BCUT2D eigenvalue weighted by atomic mass is 35.5. The van der Waals surface area contributed by atoms with Crippen molar-refractivity contribution in [3.8, 4) is 11.1 Å². The van der Waals surface area contributed by atoms with Crippen molar-refractivity contribution in [1.29, 1.82) is 0 Å². The Bertz CT molecular complexity index is 1070. The van der Waals surface area contributed by atoms with Crippen LogP contribution >= 0.6 is 23.2 Å². The molecular weight excluding hydrogens is 435 g/mol. The van der Waals surface area contributed by atoms with Crippen molar-refractivity contribution in [2.75, 3.05) is 5.32 Å². The number of rotatable bonds is 9. The van der Waals surface area contributed by atoms with Gasteiger partial charge in [0.05, 0.1) is 5.56 Å². The van der Waals surface area contributed by atoms with E-state index >= 15 is 0 Å².